The van der Waals surface area contributed by atoms with Crippen LogP contribution in [0.4, 0.5) is 0 Å². The standard InChI is InChI=1S/C15H19BrClN3O/c1-4-18-8-11-7-12(5-6-14(11)16)21-9-13-10(2)19-20(3)15(13)17/h5-7,18H,4,8-9H2,1-3H3. The number of ether oxygens (including phenoxy) is 1. The van der Waals surface area contributed by atoms with E-state index < -0.39 is 0 Å². The van der Waals surface area contributed by atoms with E-state index in [4.69, 9.17) is 16.3 Å². The summed E-state index contributed by atoms with van der Waals surface area (Å²) in [6.07, 6.45) is 0. The zero-order valence-corrected chi connectivity index (χ0v) is 14.8. The number of hydrogen-bond donors (Lipinski definition) is 1. The molecule has 0 unspecified atom stereocenters. The lowest BCUT2D eigenvalue weighted by molar-refractivity contribution is 0.305. The van der Waals surface area contributed by atoms with Gasteiger partial charge in [-0.2, -0.15) is 5.10 Å². The molecule has 0 radical (unpaired) electrons. The first-order chi connectivity index (χ1) is 10.0. The smallest absolute Gasteiger partial charge is 0.133 e. The van der Waals surface area contributed by atoms with Gasteiger partial charge in [-0.15, -0.1) is 0 Å². The predicted molar refractivity (Wildman–Crippen MR) is 88.8 cm³/mol. The minimum Gasteiger partial charge on any atom is -0.489 e. The van der Waals surface area contributed by atoms with Gasteiger partial charge in [0.15, 0.2) is 0 Å². The third kappa shape index (κ3) is 3.99. The molecular weight excluding hydrogens is 354 g/mol. The van der Waals surface area contributed by atoms with E-state index >= 15 is 0 Å². The van der Waals surface area contributed by atoms with E-state index in [0.29, 0.717) is 11.8 Å². The second kappa shape index (κ2) is 7.29. The van der Waals surface area contributed by atoms with Gasteiger partial charge in [-0.05, 0) is 37.2 Å². The van der Waals surface area contributed by atoms with Crippen molar-refractivity contribution in [1.82, 2.24) is 15.1 Å². The Morgan fingerprint density at radius 3 is 2.81 bits per heavy atom. The molecule has 0 saturated heterocycles. The zero-order chi connectivity index (χ0) is 15.4. The molecule has 0 fully saturated rings. The Bertz CT molecular complexity index is 628. The lowest BCUT2D eigenvalue weighted by Crippen LogP contribution is -2.12. The van der Waals surface area contributed by atoms with Crippen LogP contribution >= 0.6 is 27.5 Å². The summed E-state index contributed by atoms with van der Waals surface area (Å²) in [5.74, 6) is 0.824. The summed E-state index contributed by atoms with van der Waals surface area (Å²) in [6.45, 7) is 6.17. The molecular formula is C15H19BrClN3O. The second-order valence-electron chi connectivity index (χ2n) is 4.80. The van der Waals surface area contributed by atoms with Gasteiger partial charge in [0.2, 0.25) is 0 Å². The maximum absolute atomic E-state index is 6.21. The first-order valence-corrected chi connectivity index (χ1v) is 8.00. The van der Waals surface area contributed by atoms with Crippen LogP contribution in [0.2, 0.25) is 5.15 Å². The topological polar surface area (TPSA) is 39.1 Å². The van der Waals surface area contributed by atoms with E-state index in [1.807, 2.05) is 32.2 Å². The van der Waals surface area contributed by atoms with E-state index in [0.717, 1.165) is 34.6 Å². The number of aromatic nitrogens is 2. The van der Waals surface area contributed by atoms with Crippen molar-refractivity contribution in [1.29, 1.82) is 0 Å². The van der Waals surface area contributed by atoms with Crippen LogP contribution in [0.25, 0.3) is 0 Å². The molecule has 4 nitrogen and oxygen atoms in total. The molecule has 0 aliphatic rings. The monoisotopic (exact) mass is 371 g/mol. The van der Waals surface area contributed by atoms with Gasteiger partial charge in [0.1, 0.15) is 17.5 Å². The summed E-state index contributed by atoms with van der Waals surface area (Å²) in [6, 6.07) is 5.98. The van der Waals surface area contributed by atoms with Gasteiger partial charge in [-0.25, -0.2) is 0 Å². The van der Waals surface area contributed by atoms with Crippen LogP contribution < -0.4 is 10.1 Å². The molecule has 1 N–H and O–H groups in total. The Kier molecular flexibility index (Phi) is 5.67. The lowest BCUT2D eigenvalue weighted by Gasteiger charge is -2.10. The molecule has 0 aliphatic carbocycles. The molecule has 0 amide bonds. The normalized spacial score (nSPS) is 10.9. The Morgan fingerprint density at radius 1 is 1.43 bits per heavy atom. The highest BCUT2D eigenvalue weighted by atomic mass is 79.9. The molecule has 6 heteroatoms. The Hall–Kier alpha value is -1.04. The summed E-state index contributed by atoms with van der Waals surface area (Å²) in [4.78, 5) is 0. The molecule has 0 saturated carbocycles. The molecule has 1 aromatic heterocycles. The minimum absolute atomic E-state index is 0.417. The van der Waals surface area contributed by atoms with Crippen molar-refractivity contribution >= 4 is 27.5 Å². The van der Waals surface area contributed by atoms with Crippen LogP contribution in [0, 0.1) is 6.92 Å². The van der Waals surface area contributed by atoms with E-state index in [-0.39, 0.29) is 0 Å². The number of hydrogen-bond acceptors (Lipinski definition) is 3. The molecule has 0 aliphatic heterocycles. The third-order valence-corrected chi connectivity index (χ3v) is 4.48. The molecule has 2 aromatic rings. The highest BCUT2D eigenvalue weighted by Gasteiger charge is 2.12. The van der Waals surface area contributed by atoms with Gasteiger partial charge < -0.3 is 10.1 Å². The fourth-order valence-electron chi connectivity index (χ4n) is 2.03. The molecule has 0 bridgehead atoms. The van der Waals surface area contributed by atoms with Crippen LogP contribution in [-0.4, -0.2) is 16.3 Å². The number of benzene rings is 1. The van der Waals surface area contributed by atoms with Crippen molar-refractivity contribution in [2.75, 3.05) is 6.54 Å². The number of nitrogens with zero attached hydrogens (tertiary/aromatic N) is 2. The molecule has 1 heterocycles. The Labute approximate surface area is 138 Å². The van der Waals surface area contributed by atoms with Gasteiger partial charge in [-0.1, -0.05) is 34.5 Å². The lowest BCUT2D eigenvalue weighted by atomic mass is 10.2. The predicted octanol–water partition coefficient (Wildman–Crippen LogP) is 3.83. The van der Waals surface area contributed by atoms with E-state index in [2.05, 4.69) is 33.3 Å². The summed E-state index contributed by atoms with van der Waals surface area (Å²) in [5, 5.41) is 8.21. The van der Waals surface area contributed by atoms with Crippen molar-refractivity contribution in [3.8, 4) is 5.75 Å². The fourth-order valence-corrected chi connectivity index (χ4v) is 2.65. The van der Waals surface area contributed by atoms with E-state index in [1.54, 1.807) is 4.68 Å². The molecule has 2 rings (SSSR count). The van der Waals surface area contributed by atoms with Crippen LogP contribution in [0.15, 0.2) is 22.7 Å². The molecule has 1 aromatic carbocycles. The average molecular weight is 373 g/mol. The van der Waals surface area contributed by atoms with Gasteiger partial charge in [0.05, 0.1) is 5.69 Å². The first-order valence-electron chi connectivity index (χ1n) is 6.82. The van der Waals surface area contributed by atoms with Crippen LogP contribution in [0.3, 0.4) is 0 Å². The number of rotatable bonds is 6. The highest BCUT2D eigenvalue weighted by molar-refractivity contribution is 9.10. The number of halogens is 2. The quantitative estimate of drug-likeness (QED) is 0.837. The van der Waals surface area contributed by atoms with Crippen LogP contribution in [0.1, 0.15) is 23.7 Å². The van der Waals surface area contributed by atoms with Crippen molar-refractivity contribution < 1.29 is 4.74 Å². The first kappa shape index (κ1) is 16.3. The van der Waals surface area contributed by atoms with Crippen LogP contribution in [-0.2, 0) is 20.2 Å². The summed E-state index contributed by atoms with van der Waals surface area (Å²) in [7, 11) is 1.83. The van der Waals surface area contributed by atoms with E-state index in [9.17, 15) is 0 Å². The van der Waals surface area contributed by atoms with Gasteiger partial charge in [-0.3, -0.25) is 4.68 Å². The second-order valence-corrected chi connectivity index (χ2v) is 6.01. The summed E-state index contributed by atoms with van der Waals surface area (Å²) < 4.78 is 8.59. The maximum atomic E-state index is 6.21. The Balaban J connectivity index is 2.09. The number of aryl methyl sites for hydroxylation is 2. The van der Waals surface area contributed by atoms with Crippen LogP contribution in [0.5, 0.6) is 5.75 Å². The maximum Gasteiger partial charge on any atom is 0.133 e. The highest BCUT2D eigenvalue weighted by Crippen LogP contribution is 2.25. The van der Waals surface area contributed by atoms with Gasteiger partial charge >= 0.3 is 0 Å². The van der Waals surface area contributed by atoms with Crippen molar-refractivity contribution in [3.63, 3.8) is 0 Å². The van der Waals surface area contributed by atoms with Gasteiger partial charge in [0.25, 0.3) is 0 Å². The molecule has 0 atom stereocenters. The van der Waals surface area contributed by atoms with Crippen molar-refractivity contribution in [2.45, 2.75) is 27.0 Å². The third-order valence-electron chi connectivity index (χ3n) is 3.24. The number of nitrogens with one attached hydrogen (secondary N) is 1. The molecule has 0 spiro atoms. The van der Waals surface area contributed by atoms with Crippen molar-refractivity contribution in [2.24, 2.45) is 7.05 Å². The SMILES string of the molecule is CCNCc1cc(OCc2c(C)nn(C)c2Cl)ccc1Br. The van der Waals surface area contributed by atoms with Crippen molar-refractivity contribution in [3.05, 3.63) is 44.6 Å². The summed E-state index contributed by atoms with van der Waals surface area (Å²) >= 11 is 9.76. The van der Waals surface area contributed by atoms with E-state index in [1.165, 1.54) is 5.56 Å². The minimum atomic E-state index is 0.417. The zero-order valence-electron chi connectivity index (χ0n) is 12.4. The average Bonchev–Trinajstić information content (AvgIpc) is 2.70. The molecule has 21 heavy (non-hydrogen) atoms. The Morgan fingerprint density at radius 2 is 2.19 bits per heavy atom. The van der Waals surface area contributed by atoms with Gasteiger partial charge in [0, 0.05) is 23.6 Å². The summed E-state index contributed by atoms with van der Waals surface area (Å²) in [5.41, 5.74) is 2.99. The largest absolute Gasteiger partial charge is 0.489 e. The fraction of sp³-hybridized carbons (Fsp3) is 0.400. The molecule has 114 valence electrons.